The fraction of sp³-hybridized carbons (Fsp3) is 0.250. The van der Waals surface area contributed by atoms with Crippen LogP contribution in [0.15, 0.2) is 42.5 Å². The first-order chi connectivity index (χ1) is 9.54. The summed E-state index contributed by atoms with van der Waals surface area (Å²) in [6.07, 6.45) is 0.335. The Bertz CT molecular complexity index is 596. The summed E-state index contributed by atoms with van der Waals surface area (Å²) in [5.74, 6) is 0.219. The lowest BCUT2D eigenvalue weighted by atomic mass is 9.97. The molecule has 0 fully saturated rings. The molecule has 1 amide bonds. The van der Waals surface area contributed by atoms with E-state index in [2.05, 4.69) is 10.3 Å². The van der Waals surface area contributed by atoms with Crippen molar-refractivity contribution in [1.82, 2.24) is 4.98 Å². The maximum Gasteiger partial charge on any atom is 0.226 e. The van der Waals surface area contributed by atoms with Gasteiger partial charge in [-0.25, -0.2) is 9.37 Å². The van der Waals surface area contributed by atoms with Crippen LogP contribution >= 0.6 is 0 Å². The van der Waals surface area contributed by atoms with Crippen LogP contribution in [0.5, 0.6) is 0 Å². The molecule has 2 aromatic rings. The van der Waals surface area contributed by atoms with Crippen molar-refractivity contribution in [2.75, 3.05) is 5.32 Å². The van der Waals surface area contributed by atoms with Crippen LogP contribution in [0.4, 0.5) is 10.2 Å². The molecule has 0 spiro atoms. The second-order valence-corrected chi connectivity index (χ2v) is 4.87. The molecule has 0 aliphatic rings. The van der Waals surface area contributed by atoms with E-state index in [4.69, 9.17) is 0 Å². The lowest BCUT2D eigenvalue weighted by Gasteiger charge is -2.12. The van der Waals surface area contributed by atoms with Crippen molar-refractivity contribution in [1.29, 1.82) is 0 Å². The van der Waals surface area contributed by atoms with Gasteiger partial charge in [0.05, 0.1) is 0 Å². The third-order valence-electron chi connectivity index (χ3n) is 3.09. The number of carbonyl (C=O) groups is 1. The molecule has 4 heteroatoms. The van der Waals surface area contributed by atoms with E-state index in [9.17, 15) is 9.18 Å². The minimum Gasteiger partial charge on any atom is -0.311 e. The second kappa shape index (κ2) is 6.28. The summed E-state index contributed by atoms with van der Waals surface area (Å²) in [4.78, 5) is 16.2. The van der Waals surface area contributed by atoms with E-state index in [1.54, 1.807) is 18.2 Å². The molecule has 0 aliphatic heterocycles. The number of carbonyl (C=O) groups excluding carboxylic acids is 1. The molecule has 0 saturated heterocycles. The number of amides is 1. The molecule has 1 aromatic carbocycles. The Morgan fingerprint density at radius 2 is 1.95 bits per heavy atom. The number of aryl methyl sites for hydroxylation is 1. The number of hydrogen-bond acceptors (Lipinski definition) is 2. The molecular weight excluding hydrogens is 255 g/mol. The third-order valence-corrected chi connectivity index (χ3v) is 3.09. The molecule has 1 atom stereocenters. The predicted octanol–water partition coefficient (Wildman–Crippen LogP) is 3.66. The number of rotatable bonds is 4. The maximum absolute atomic E-state index is 12.9. The molecular formula is C16H17FN2O. The summed E-state index contributed by atoms with van der Waals surface area (Å²) in [6, 6.07) is 11.7. The van der Waals surface area contributed by atoms with Gasteiger partial charge in [-0.05, 0) is 42.7 Å². The zero-order chi connectivity index (χ0) is 14.5. The van der Waals surface area contributed by atoms with Crippen molar-refractivity contribution in [3.63, 3.8) is 0 Å². The van der Waals surface area contributed by atoms with Gasteiger partial charge in [0.25, 0.3) is 0 Å². The van der Waals surface area contributed by atoms with Gasteiger partial charge < -0.3 is 5.32 Å². The standard InChI is InChI=1S/C16H17FN2O/c1-11(13-6-8-14(17)9-7-13)10-16(20)19-15-5-3-4-12(2)18-15/h3-9,11H,10H2,1-2H3,(H,18,19,20). The molecule has 1 unspecified atom stereocenters. The highest BCUT2D eigenvalue weighted by molar-refractivity contribution is 5.90. The molecule has 1 heterocycles. The molecule has 3 nitrogen and oxygen atoms in total. The fourth-order valence-electron chi connectivity index (χ4n) is 1.99. The number of halogens is 1. The van der Waals surface area contributed by atoms with Crippen molar-refractivity contribution in [3.05, 3.63) is 59.5 Å². The van der Waals surface area contributed by atoms with E-state index in [1.807, 2.05) is 26.0 Å². The highest BCUT2D eigenvalue weighted by Gasteiger charge is 2.12. The summed E-state index contributed by atoms with van der Waals surface area (Å²) in [7, 11) is 0. The monoisotopic (exact) mass is 272 g/mol. The van der Waals surface area contributed by atoms with Crippen LogP contribution in [0.1, 0.15) is 30.5 Å². The first kappa shape index (κ1) is 14.2. The van der Waals surface area contributed by atoms with Crippen molar-refractivity contribution in [2.24, 2.45) is 0 Å². The van der Waals surface area contributed by atoms with Gasteiger partial charge in [0, 0.05) is 12.1 Å². The minimum atomic E-state index is -0.269. The van der Waals surface area contributed by atoms with Gasteiger partial charge in [0.1, 0.15) is 11.6 Å². The number of pyridine rings is 1. The summed E-state index contributed by atoms with van der Waals surface area (Å²) in [5.41, 5.74) is 1.80. The Morgan fingerprint density at radius 1 is 1.25 bits per heavy atom. The third kappa shape index (κ3) is 3.88. The number of hydrogen-bond donors (Lipinski definition) is 1. The van der Waals surface area contributed by atoms with E-state index in [1.165, 1.54) is 12.1 Å². The molecule has 1 aromatic heterocycles. The SMILES string of the molecule is Cc1cccc(NC(=O)CC(C)c2ccc(F)cc2)n1. The second-order valence-electron chi connectivity index (χ2n) is 4.87. The first-order valence-electron chi connectivity index (χ1n) is 6.53. The Balaban J connectivity index is 1.95. The molecule has 2 rings (SSSR count). The fourth-order valence-corrected chi connectivity index (χ4v) is 1.99. The highest BCUT2D eigenvalue weighted by atomic mass is 19.1. The van der Waals surface area contributed by atoms with Crippen LogP contribution in [0.3, 0.4) is 0 Å². The molecule has 104 valence electrons. The summed E-state index contributed by atoms with van der Waals surface area (Å²) in [5, 5.41) is 2.77. The van der Waals surface area contributed by atoms with Crippen molar-refractivity contribution in [2.45, 2.75) is 26.2 Å². The number of benzene rings is 1. The van der Waals surface area contributed by atoms with Gasteiger partial charge in [-0.15, -0.1) is 0 Å². The van der Waals surface area contributed by atoms with Gasteiger partial charge in [-0.2, -0.15) is 0 Å². The lowest BCUT2D eigenvalue weighted by molar-refractivity contribution is -0.116. The van der Waals surface area contributed by atoms with Crippen LogP contribution in [0.2, 0.25) is 0 Å². The minimum absolute atomic E-state index is 0.0282. The Hall–Kier alpha value is -2.23. The molecule has 0 bridgehead atoms. The topological polar surface area (TPSA) is 42.0 Å². The van der Waals surface area contributed by atoms with E-state index < -0.39 is 0 Å². The zero-order valence-electron chi connectivity index (χ0n) is 11.6. The van der Waals surface area contributed by atoms with Gasteiger partial charge >= 0.3 is 0 Å². The van der Waals surface area contributed by atoms with Crippen LogP contribution in [-0.2, 0) is 4.79 Å². The molecule has 0 aliphatic carbocycles. The average Bonchev–Trinajstić information content (AvgIpc) is 2.39. The van der Waals surface area contributed by atoms with Gasteiger partial charge in [-0.3, -0.25) is 4.79 Å². The summed E-state index contributed by atoms with van der Waals surface area (Å²) >= 11 is 0. The number of nitrogens with zero attached hydrogens (tertiary/aromatic N) is 1. The van der Waals surface area contributed by atoms with Crippen LogP contribution in [-0.4, -0.2) is 10.9 Å². The quantitative estimate of drug-likeness (QED) is 0.922. The molecule has 1 N–H and O–H groups in total. The Morgan fingerprint density at radius 3 is 2.60 bits per heavy atom. The Labute approximate surface area is 117 Å². The average molecular weight is 272 g/mol. The zero-order valence-corrected chi connectivity index (χ0v) is 11.6. The summed E-state index contributed by atoms with van der Waals surface area (Å²) < 4.78 is 12.9. The lowest BCUT2D eigenvalue weighted by Crippen LogP contribution is -2.15. The number of anilines is 1. The smallest absolute Gasteiger partial charge is 0.226 e. The number of aromatic nitrogens is 1. The van der Waals surface area contributed by atoms with Gasteiger partial charge in [-0.1, -0.05) is 25.1 Å². The van der Waals surface area contributed by atoms with Gasteiger partial charge in [0.2, 0.25) is 5.91 Å². The molecule has 20 heavy (non-hydrogen) atoms. The van der Waals surface area contributed by atoms with E-state index in [-0.39, 0.29) is 17.6 Å². The van der Waals surface area contributed by atoms with E-state index >= 15 is 0 Å². The number of nitrogens with one attached hydrogen (secondary N) is 1. The molecule has 0 radical (unpaired) electrons. The maximum atomic E-state index is 12.9. The largest absolute Gasteiger partial charge is 0.311 e. The van der Waals surface area contributed by atoms with E-state index in [0.29, 0.717) is 12.2 Å². The highest BCUT2D eigenvalue weighted by Crippen LogP contribution is 2.19. The van der Waals surface area contributed by atoms with Crippen LogP contribution in [0, 0.1) is 12.7 Å². The predicted molar refractivity (Wildman–Crippen MR) is 77.0 cm³/mol. The van der Waals surface area contributed by atoms with Crippen molar-refractivity contribution < 1.29 is 9.18 Å². The van der Waals surface area contributed by atoms with Crippen molar-refractivity contribution >= 4 is 11.7 Å². The Kier molecular flexibility index (Phi) is 4.45. The van der Waals surface area contributed by atoms with Gasteiger partial charge in [0.15, 0.2) is 0 Å². The van der Waals surface area contributed by atoms with E-state index in [0.717, 1.165) is 11.3 Å². The van der Waals surface area contributed by atoms with Crippen LogP contribution < -0.4 is 5.32 Å². The normalized spacial score (nSPS) is 11.9. The molecule has 0 saturated carbocycles. The summed E-state index contributed by atoms with van der Waals surface area (Å²) in [6.45, 7) is 3.81. The van der Waals surface area contributed by atoms with Crippen LogP contribution in [0.25, 0.3) is 0 Å². The van der Waals surface area contributed by atoms with Crippen molar-refractivity contribution in [3.8, 4) is 0 Å². The first-order valence-corrected chi connectivity index (χ1v) is 6.53.